The van der Waals surface area contributed by atoms with Gasteiger partial charge in [0.15, 0.2) is 0 Å². The maximum Gasteiger partial charge on any atom is 0.256 e. The second-order valence-electron chi connectivity index (χ2n) is 5.70. The van der Waals surface area contributed by atoms with Crippen LogP contribution in [-0.4, -0.2) is 15.7 Å². The first kappa shape index (κ1) is 17.5. The summed E-state index contributed by atoms with van der Waals surface area (Å²) in [5.74, 6) is -0.239. The SMILES string of the molecule is Cc1nn(Cc2ccccc2)c(Cl)c1C(=O)NCc1ccc(Cl)cc1. The monoisotopic (exact) mass is 373 g/mol. The molecule has 1 aromatic heterocycles. The van der Waals surface area contributed by atoms with E-state index in [1.54, 1.807) is 23.7 Å². The molecule has 0 saturated carbocycles. The van der Waals surface area contributed by atoms with Crippen molar-refractivity contribution in [1.29, 1.82) is 0 Å². The molecule has 1 heterocycles. The van der Waals surface area contributed by atoms with Gasteiger partial charge >= 0.3 is 0 Å². The van der Waals surface area contributed by atoms with Gasteiger partial charge < -0.3 is 5.32 Å². The molecule has 0 radical (unpaired) electrons. The number of aromatic nitrogens is 2. The summed E-state index contributed by atoms with van der Waals surface area (Å²) in [6.45, 7) is 2.70. The van der Waals surface area contributed by atoms with Crippen LogP contribution in [-0.2, 0) is 13.1 Å². The van der Waals surface area contributed by atoms with Crippen LogP contribution in [0.1, 0.15) is 27.2 Å². The minimum absolute atomic E-state index is 0.239. The van der Waals surface area contributed by atoms with E-state index >= 15 is 0 Å². The standard InChI is InChI=1S/C19H17Cl2N3O/c1-13-17(19(25)22-11-14-7-9-16(20)10-8-14)18(21)24(23-13)12-15-5-3-2-4-6-15/h2-10H,11-12H2,1H3,(H,22,25). The average molecular weight is 374 g/mol. The van der Waals surface area contributed by atoms with Gasteiger partial charge in [-0.1, -0.05) is 65.7 Å². The second-order valence-corrected chi connectivity index (χ2v) is 6.50. The first-order chi connectivity index (χ1) is 12.0. The van der Waals surface area contributed by atoms with E-state index in [2.05, 4.69) is 10.4 Å². The average Bonchev–Trinajstić information content (AvgIpc) is 2.89. The molecule has 0 aliphatic heterocycles. The Morgan fingerprint density at radius 3 is 2.40 bits per heavy atom. The molecule has 0 atom stereocenters. The van der Waals surface area contributed by atoms with Crippen molar-refractivity contribution >= 4 is 29.1 Å². The fraction of sp³-hybridized carbons (Fsp3) is 0.158. The largest absolute Gasteiger partial charge is 0.348 e. The maximum absolute atomic E-state index is 12.5. The minimum Gasteiger partial charge on any atom is -0.348 e. The van der Waals surface area contributed by atoms with E-state index in [9.17, 15) is 4.79 Å². The number of amides is 1. The molecule has 0 aliphatic carbocycles. The summed E-state index contributed by atoms with van der Waals surface area (Å²) < 4.78 is 1.64. The Kier molecular flexibility index (Phi) is 5.41. The van der Waals surface area contributed by atoms with Crippen LogP contribution in [0.5, 0.6) is 0 Å². The molecule has 3 aromatic rings. The van der Waals surface area contributed by atoms with E-state index in [1.807, 2.05) is 42.5 Å². The number of carbonyl (C=O) groups is 1. The Labute approximate surface area is 156 Å². The van der Waals surface area contributed by atoms with Crippen LogP contribution in [0.3, 0.4) is 0 Å². The smallest absolute Gasteiger partial charge is 0.256 e. The van der Waals surface area contributed by atoms with Crippen LogP contribution in [0.4, 0.5) is 0 Å². The fourth-order valence-electron chi connectivity index (χ4n) is 2.55. The molecule has 0 unspecified atom stereocenters. The van der Waals surface area contributed by atoms with E-state index in [0.29, 0.717) is 34.5 Å². The summed E-state index contributed by atoms with van der Waals surface area (Å²) >= 11 is 12.3. The molecule has 128 valence electrons. The highest BCUT2D eigenvalue weighted by Gasteiger charge is 2.20. The van der Waals surface area contributed by atoms with Gasteiger partial charge in [0.2, 0.25) is 0 Å². The van der Waals surface area contributed by atoms with Crippen molar-refractivity contribution in [3.8, 4) is 0 Å². The number of nitrogens with one attached hydrogen (secondary N) is 1. The molecule has 0 bridgehead atoms. The van der Waals surface area contributed by atoms with Gasteiger partial charge in [-0.15, -0.1) is 0 Å². The van der Waals surface area contributed by atoms with Crippen molar-refractivity contribution in [2.45, 2.75) is 20.0 Å². The summed E-state index contributed by atoms with van der Waals surface area (Å²) in [6, 6.07) is 17.2. The van der Waals surface area contributed by atoms with E-state index in [-0.39, 0.29) is 5.91 Å². The molecule has 0 saturated heterocycles. The highest BCUT2D eigenvalue weighted by molar-refractivity contribution is 6.33. The topological polar surface area (TPSA) is 46.9 Å². The van der Waals surface area contributed by atoms with Crippen LogP contribution >= 0.6 is 23.2 Å². The molecule has 0 fully saturated rings. The number of nitrogens with zero attached hydrogens (tertiary/aromatic N) is 2. The zero-order chi connectivity index (χ0) is 17.8. The van der Waals surface area contributed by atoms with Crippen molar-refractivity contribution in [1.82, 2.24) is 15.1 Å². The summed E-state index contributed by atoms with van der Waals surface area (Å²) in [5.41, 5.74) is 3.05. The van der Waals surface area contributed by atoms with E-state index in [1.165, 1.54) is 0 Å². The van der Waals surface area contributed by atoms with Gasteiger partial charge in [0.1, 0.15) is 5.15 Å². The van der Waals surface area contributed by atoms with Gasteiger partial charge in [0.25, 0.3) is 5.91 Å². The summed E-state index contributed by atoms with van der Waals surface area (Å²) in [4.78, 5) is 12.5. The van der Waals surface area contributed by atoms with Crippen molar-refractivity contribution in [2.24, 2.45) is 0 Å². The Morgan fingerprint density at radius 2 is 1.72 bits per heavy atom. The molecule has 0 spiro atoms. The van der Waals surface area contributed by atoms with Crippen molar-refractivity contribution < 1.29 is 4.79 Å². The van der Waals surface area contributed by atoms with Gasteiger partial charge in [0, 0.05) is 11.6 Å². The third-order valence-electron chi connectivity index (χ3n) is 3.83. The molecular formula is C19H17Cl2N3O. The van der Waals surface area contributed by atoms with Crippen LogP contribution in [0.2, 0.25) is 10.2 Å². The molecule has 25 heavy (non-hydrogen) atoms. The first-order valence-electron chi connectivity index (χ1n) is 7.84. The Morgan fingerprint density at radius 1 is 1.04 bits per heavy atom. The Balaban J connectivity index is 1.73. The van der Waals surface area contributed by atoms with Gasteiger partial charge in [-0.25, -0.2) is 4.68 Å². The van der Waals surface area contributed by atoms with Crippen LogP contribution in [0.25, 0.3) is 0 Å². The quantitative estimate of drug-likeness (QED) is 0.716. The lowest BCUT2D eigenvalue weighted by Gasteiger charge is -2.06. The fourth-order valence-corrected chi connectivity index (χ4v) is 2.99. The van der Waals surface area contributed by atoms with Crippen molar-refractivity contribution in [2.75, 3.05) is 0 Å². The predicted molar refractivity (Wildman–Crippen MR) is 100 cm³/mol. The lowest BCUT2D eigenvalue weighted by atomic mass is 10.2. The van der Waals surface area contributed by atoms with Crippen LogP contribution < -0.4 is 5.32 Å². The summed E-state index contributed by atoms with van der Waals surface area (Å²) in [7, 11) is 0. The zero-order valence-corrected chi connectivity index (χ0v) is 15.2. The van der Waals surface area contributed by atoms with Gasteiger partial charge in [-0.2, -0.15) is 5.10 Å². The number of halogens is 2. The number of aryl methyl sites for hydroxylation is 1. The van der Waals surface area contributed by atoms with Crippen LogP contribution in [0.15, 0.2) is 54.6 Å². The van der Waals surface area contributed by atoms with Gasteiger partial charge in [0.05, 0.1) is 17.8 Å². The van der Waals surface area contributed by atoms with Gasteiger partial charge in [-0.3, -0.25) is 4.79 Å². The van der Waals surface area contributed by atoms with Gasteiger partial charge in [-0.05, 0) is 30.2 Å². The van der Waals surface area contributed by atoms with E-state index in [0.717, 1.165) is 11.1 Å². The Hall–Kier alpha value is -2.30. The summed E-state index contributed by atoms with van der Waals surface area (Å²) in [5, 5.41) is 8.28. The molecule has 4 nitrogen and oxygen atoms in total. The van der Waals surface area contributed by atoms with E-state index in [4.69, 9.17) is 23.2 Å². The highest BCUT2D eigenvalue weighted by atomic mass is 35.5. The number of hydrogen-bond acceptors (Lipinski definition) is 2. The summed E-state index contributed by atoms with van der Waals surface area (Å²) in [6.07, 6.45) is 0. The maximum atomic E-state index is 12.5. The normalized spacial score (nSPS) is 10.7. The highest BCUT2D eigenvalue weighted by Crippen LogP contribution is 2.21. The third kappa shape index (κ3) is 4.21. The first-order valence-corrected chi connectivity index (χ1v) is 8.59. The third-order valence-corrected chi connectivity index (χ3v) is 4.47. The zero-order valence-electron chi connectivity index (χ0n) is 13.7. The van der Waals surface area contributed by atoms with Crippen molar-refractivity contribution in [3.05, 3.63) is 87.2 Å². The lowest BCUT2D eigenvalue weighted by molar-refractivity contribution is 0.0950. The number of hydrogen-bond donors (Lipinski definition) is 1. The second kappa shape index (κ2) is 7.72. The molecule has 2 aromatic carbocycles. The number of rotatable bonds is 5. The van der Waals surface area contributed by atoms with Crippen LogP contribution in [0, 0.1) is 6.92 Å². The Bertz CT molecular complexity index is 874. The minimum atomic E-state index is -0.239. The molecule has 1 amide bonds. The molecule has 3 rings (SSSR count). The van der Waals surface area contributed by atoms with Crippen molar-refractivity contribution in [3.63, 3.8) is 0 Å². The van der Waals surface area contributed by atoms with E-state index < -0.39 is 0 Å². The molecule has 6 heteroatoms. The molecule has 0 aliphatic rings. The lowest BCUT2D eigenvalue weighted by Crippen LogP contribution is -2.23. The number of carbonyl (C=O) groups excluding carboxylic acids is 1. The molecule has 1 N–H and O–H groups in total. The predicted octanol–water partition coefficient (Wildman–Crippen LogP) is 4.48. The molecular weight excluding hydrogens is 357 g/mol. The number of benzene rings is 2.